The van der Waals surface area contributed by atoms with Gasteiger partial charge in [0.25, 0.3) is 0 Å². The molecule has 2 rings (SSSR count). The predicted octanol–water partition coefficient (Wildman–Crippen LogP) is 3.50. The third kappa shape index (κ3) is 6.25. The molecule has 3 heteroatoms. The normalized spacial score (nSPS) is 32.0. The number of aliphatic hydroxyl groups is 1. The summed E-state index contributed by atoms with van der Waals surface area (Å²) in [5.74, 6) is 0.782. The molecule has 0 bridgehead atoms. The van der Waals surface area contributed by atoms with Crippen molar-refractivity contribution in [3.63, 3.8) is 0 Å². The Bertz CT molecular complexity index is 296. The Hall–Kier alpha value is -0.120. The number of aliphatic hydroxyl groups excluding tert-OH is 1. The van der Waals surface area contributed by atoms with E-state index in [-0.39, 0.29) is 6.10 Å². The summed E-state index contributed by atoms with van der Waals surface area (Å²) in [6.07, 6.45) is 10.0. The highest BCUT2D eigenvalue weighted by Crippen LogP contribution is 2.34. The molecule has 0 spiro atoms. The lowest BCUT2D eigenvalue weighted by Gasteiger charge is -2.35. The van der Waals surface area contributed by atoms with Crippen molar-refractivity contribution in [2.24, 2.45) is 11.3 Å². The highest BCUT2D eigenvalue weighted by atomic mass is 16.5. The molecule has 0 heterocycles. The van der Waals surface area contributed by atoms with Crippen molar-refractivity contribution < 1.29 is 9.84 Å². The summed E-state index contributed by atoms with van der Waals surface area (Å²) >= 11 is 0. The minimum atomic E-state index is -0.364. The van der Waals surface area contributed by atoms with Gasteiger partial charge in [-0.15, -0.1) is 0 Å². The summed E-state index contributed by atoms with van der Waals surface area (Å²) in [6.45, 7) is 8.18. The Balaban J connectivity index is 1.56. The summed E-state index contributed by atoms with van der Waals surface area (Å²) in [5.41, 5.74) is 0.511. The highest BCUT2D eigenvalue weighted by Gasteiger charge is 2.27. The molecule has 2 fully saturated rings. The number of hydrogen-bond acceptors (Lipinski definition) is 3. The monoisotopic (exact) mass is 297 g/mol. The zero-order chi connectivity index (χ0) is 15.3. The summed E-state index contributed by atoms with van der Waals surface area (Å²) in [7, 11) is 0. The second-order valence-electron chi connectivity index (χ2n) is 8.23. The van der Waals surface area contributed by atoms with Crippen LogP contribution in [0.15, 0.2) is 0 Å². The molecule has 2 N–H and O–H groups in total. The average molecular weight is 297 g/mol. The zero-order valence-corrected chi connectivity index (χ0v) is 14.2. The minimum absolute atomic E-state index is 0.364. The maximum atomic E-state index is 10.1. The number of ether oxygens (including phenoxy) is 1. The molecule has 0 aromatic rings. The third-order valence-corrected chi connectivity index (χ3v) is 5.39. The molecule has 0 saturated heterocycles. The first kappa shape index (κ1) is 17.2. The Labute approximate surface area is 130 Å². The van der Waals surface area contributed by atoms with E-state index in [1.165, 1.54) is 44.9 Å². The van der Waals surface area contributed by atoms with E-state index in [1.807, 2.05) is 0 Å². The third-order valence-electron chi connectivity index (χ3n) is 5.39. The molecule has 2 aliphatic carbocycles. The molecule has 0 amide bonds. The van der Waals surface area contributed by atoms with Crippen LogP contribution in [0.5, 0.6) is 0 Å². The Kier molecular flexibility index (Phi) is 6.51. The van der Waals surface area contributed by atoms with Gasteiger partial charge in [-0.3, -0.25) is 0 Å². The summed E-state index contributed by atoms with van der Waals surface area (Å²) in [4.78, 5) is 0. The fourth-order valence-corrected chi connectivity index (χ4v) is 3.74. The fraction of sp³-hybridized carbons (Fsp3) is 1.00. The molecule has 3 nitrogen and oxygen atoms in total. The van der Waals surface area contributed by atoms with Crippen molar-refractivity contribution in [3.8, 4) is 0 Å². The lowest BCUT2D eigenvalue weighted by molar-refractivity contribution is -0.0316. The Morgan fingerprint density at radius 3 is 2.57 bits per heavy atom. The molecule has 0 aromatic carbocycles. The van der Waals surface area contributed by atoms with Gasteiger partial charge in [0.1, 0.15) is 0 Å². The van der Waals surface area contributed by atoms with Gasteiger partial charge in [-0.05, 0) is 49.9 Å². The van der Waals surface area contributed by atoms with Crippen LogP contribution < -0.4 is 5.32 Å². The van der Waals surface area contributed by atoms with Gasteiger partial charge in [-0.2, -0.15) is 0 Å². The molecule has 3 atom stereocenters. The largest absolute Gasteiger partial charge is 0.389 e. The van der Waals surface area contributed by atoms with Gasteiger partial charge >= 0.3 is 0 Å². The van der Waals surface area contributed by atoms with Crippen molar-refractivity contribution in [1.82, 2.24) is 5.32 Å². The molecule has 0 aromatic heterocycles. The highest BCUT2D eigenvalue weighted by molar-refractivity contribution is 4.82. The SMILES string of the molecule is CC1CCCC(OCC(O)CNC2CCC(C)(C)CC2)C1. The van der Waals surface area contributed by atoms with Crippen LogP contribution in [-0.2, 0) is 4.74 Å². The average Bonchev–Trinajstić information content (AvgIpc) is 2.44. The van der Waals surface area contributed by atoms with Crippen LogP contribution in [0.25, 0.3) is 0 Å². The lowest BCUT2D eigenvalue weighted by Crippen LogP contribution is -2.41. The quantitative estimate of drug-likeness (QED) is 0.788. The Morgan fingerprint density at radius 2 is 1.90 bits per heavy atom. The fourth-order valence-electron chi connectivity index (χ4n) is 3.74. The van der Waals surface area contributed by atoms with E-state index in [0.717, 1.165) is 12.3 Å². The van der Waals surface area contributed by atoms with Crippen LogP contribution in [0.2, 0.25) is 0 Å². The van der Waals surface area contributed by atoms with Crippen LogP contribution in [0.3, 0.4) is 0 Å². The van der Waals surface area contributed by atoms with Gasteiger partial charge in [0.05, 0.1) is 18.8 Å². The minimum Gasteiger partial charge on any atom is -0.389 e. The van der Waals surface area contributed by atoms with Crippen LogP contribution >= 0.6 is 0 Å². The molecule has 124 valence electrons. The van der Waals surface area contributed by atoms with E-state index in [4.69, 9.17) is 4.74 Å². The van der Waals surface area contributed by atoms with Gasteiger partial charge in [0.2, 0.25) is 0 Å². The van der Waals surface area contributed by atoms with E-state index < -0.39 is 0 Å². The summed E-state index contributed by atoms with van der Waals surface area (Å²) in [6, 6.07) is 0.586. The predicted molar refractivity (Wildman–Crippen MR) is 87.4 cm³/mol. The molecular weight excluding hydrogens is 262 g/mol. The number of nitrogens with one attached hydrogen (secondary N) is 1. The van der Waals surface area contributed by atoms with Crippen molar-refractivity contribution in [2.45, 2.75) is 90.4 Å². The first-order valence-electron chi connectivity index (χ1n) is 8.98. The van der Waals surface area contributed by atoms with Gasteiger partial charge in [-0.25, -0.2) is 0 Å². The maximum absolute atomic E-state index is 10.1. The number of rotatable bonds is 6. The molecule has 21 heavy (non-hydrogen) atoms. The first-order valence-corrected chi connectivity index (χ1v) is 8.98. The molecule has 0 radical (unpaired) electrons. The molecule has 0 aliphatic heterocycles. The lowest BCUT2D eigenvalue weighted by atomic mass is 9.75. The van der Waals surface area contributed by atoms with E-state index in [0.29, 0.717) is 30.7 Å². The summed E-state index contributed by atoms with van der Waals surface area (Å²) in [5, 5.41) is 13.6. The topological polar surface area (TPSA) is 41.5 Å². The van der Waals surface area contributed by atoms with Crippen molar-refractivity contribution in [2.75, 3.05) is 13.2 Å². The Morgan fingerprint density at radius 1 is 1.19 bits per heavy atom. The molecular formula is C18H35NO2. The second-order valence-corrected chi connectivity index (χ2v) is 8.23. The zero-order valence-electron chi connectivity index (χ0n) is 14.2. The van der Waals surface area contributed by atoms with Crippen molar-refractivity contribution in [1.29, 1.82) is 0 Å². The van der Waals surface area contributed by atoms with Gasteiger partial charge in [-0.1, -0.05) is 33.6 Å². The van der Waals surface area contributed by atoms with Crippen LogP contribution in [0.4, 0.5) is 0 Å². The molecule has 2 saturated carbocycles. The molecule has 3 unspecified atom stereocenters. The van der Waals surface area contributed by atoms with Crippen molar-refractivity contribution >= 4 is 0 Å². The maximum Gasteiger partial charge on any atom is 0.0897 e. The van der Waals surface area contributed by atoms with E-state index in [9.17, 15) is 5.11 Å². The van der Waals surface area contributed by atoms with Crippen molar-refractivity contribution in [3.05, 3.63) is 0 Å². The summed E-state index contributed by atoms with van der Waals surface area (Å²) < 4.78 is 5.90. The second kappa shape index (κ2) is 7.94. The first-order chi connectivity index (χ1) is 9.94. The number of hydrogen-bond donors (Lipinski definition) is 2. The standard InChI is InChI=1S/C18H35NO2/c1-14-5-4-6-17(11-14)21-13-16(20)12-19-15-7-9-18(2,3)10-8-15/h14-17,19-20H,4-13H2,1-3H3. The van der Waals surface area contributed by atoms with Crippen LogP contribution in [0, 0.1) is 11.3 Å². The van der Waals surface area contributed by atoms with Crippen LogP contribution in [0.1, 0.15) is 72.1 Å². The van der Waals surface area contributed by atoms with Gasteiger partial charge in [0, 0.05) is 12.6 Å². The van der Waals surface area contributed by atoms with Gasteiger partial charge < -0.3 is 15.2 Å². The van der Waals surface area contributed by atoms with E-state index in [2.05, 4.69) is 26.1 Å². The van der Waals surface area contributed by atoms with E-state index in [1.54, 1.807) is 0 Å². The van der Waals surface area contributed by atoms with Gasteiger partial charge in [0.15, 0.2) is 0 Å². The molecule has 2 aliphatic rings. The smallest absolute Gasteiger partial charge is 0.0897 e. The van der Waals surface area contributed by atoms with E-state index >= 15 is 0 Å². The van der Waals surface area contributed by atoms with Crippen LogP contribution in [-0.4, -0.2) is 36.5 Å².